The Morgan fingerprint density at radius 2 is 2.18 bits per heavy atom. The van der Waals surface area contributed by atoms with Gasteiger partial charge in [0.15, 0.2) is 11.4 Å². The van der Waals surface area contributed by atoms with Crippen molar-refractivity contribution in [2.24, 2.45) is 0 Å². The van der Waals surface area contributed by atoms with Crippen LogP contribution in [0.1, 0.15) is 29.8 Å². The number of aromatic hydroxyl groups is 1. The van der Waals surface area contributed by atoms with Crippen LogP contribution in [0, 0.1) is 0 Å². The lowest BCUT2D eigenvalue weighted by molar-refractivity contribution is 0.0569. The van der Waals surface area contributed by atoms with Gasteiger partial charge in [-0.15, -0.1) is 0 Å². The summed E-state index contributed by atoms with van der Waals surface area (Å²) in [5, 5.41) is 9.68. The number of nitrogens with one attached hydrogen (secondary N) is 1. The van der Waals surface area contributed by atoms with Gasteiger partial charge in [0.2, 0.25) is 5.43 Å². The molecule has 90 valence electrons. The SMILES string of the molecule is O=C1c2c(O)c(=O)ccn2N[C@@H]2CCCCN12. The number of pyridine rings is 1. The number of fused-ring (bicyclic) bond motifs is 2. The molecule has 17 heavy (non-hydrogen) atoms. The first-order valence-electron chi connectivity index (χ1n) is 5.70. The second kappa shape index (κ2) is 3.51. The van der Waals surface area contributed by atoms with E-state index in [1.54, 1.807) is 4.90 Å². The molecule has 0 aliphatic carbocycles. The Labute approximate surface area is 97.4 Å². The maximum atomic E-state index is 12.2. The van der Waals surface area contributed by atoms with Crippen molar-refractivity contribution in [1.29, 1.82) is 0 Å². The van der Waals surface area contributed by atoms with Crippen LogP contribution < -0.4 is 10.9 Å². The third-order valence-corrected chi connectivity index (χ3v) is 3.33. The molecule has 0 aromatic carbocycles. The molecule has 1 atom stereocenters. The minimum Gasteiger partial charge on any atom is -0.502 e. The smallest absolute Gasteiger partial charge is 0.278 e. The molecular weight excluding hydrogens is 222 g/mol. The molecule has 6 heteroatoms. The monoisotopic (exact) mass is 235 g/mol. The molecule has 1 saturated heterocycles. The summed E-state index contributed by atoms with van der Waals surface area (Å²) < 4.78 is 1.45. The highest BCUT2D eigenvalue weighted by atomic mass is 16.3. The van der Waals surface area contributed by atoms with Crippen molar-refractivity contribution in [2.45, 2.75) is 25.4 Å². The Morgan fingerprint density at radius 3 is 3.00 bits per heavy atom. The largest absolute Gasteiger partial charge is 0.502 e. The topological polar surface area (TPSA) is 74.6 Å². The second-order valence-corrected chi connectivity index (χ2v) is 4.39. The van der Waals surface area contributed by atoms with Crippen molar-refractivity contribution in [2.75, 3.05) is 12.0 Å². The fourth-order valence-electron chi connectivity index (χ4n) is 2.44. The van der Waals surface area contributed by atoms with Crippen LogP contribution in [-0.4, -0.2) is 33.3 Å². The number of carbonyl (C=O) groups is 1. The number of aromatic nitrogens is 1. The van der Waals surface area contributed by atoms with E-state index >= 15 is 0 Å². The van der Waals surface area contributed by atoms with Crippen LogP contribution >= 0.6 is 0 Å². The van der Waals surface area contributed by atoms with Gasteiger partial charge < -0.3 is 15.4 Å². The first-order chi connectivity index (χ1) is 8.18. The molecular formula is C11H13N3O3. The van der Waals surface area contributed by atoms with Gasteiger partial charge in [-0.1, -0.05) is 0 Å². The zero-order valence-electron chi connectivity index (χ0n) is 9.22. The normalized spacial score (nSPS) is 22.7. The molecule has 1 aromatic rings. The summed E-state index contributed by atoms with van der Waals surface area (Å²) in [6.07, 6.45) is 4.37. The van der Waals surface area contributed by atoms with Crippen LogP contribution in [0.5, 0.6) is 5.75 Å². The van der Waals surface area contributed by atoms with Crippen LogP contribution in [-0.2, 0) is 0 Å². The molecule has 1 aromatic heterocycles. The number of hydrogen-bond acceptors (Lipinski definition) is 4. The van der Waals surface area contributed by atoms with E-state index in [0.717, 1.165) is 19.3 Å². The van der Waals surface area contributed by atoms with E-state index in [0.29, 0.717) is 6.54 Å². The summed E-state index contributed by atoms with van der Waals surface area (Å²) in [6.45, 7) is 0.666. The van der Waals surface area contributed by atoms with Gasteiger partial charge in [0, 0.05) is 18.8 Å². The van der Waals surface area contributed by atoms with Crippen LogP contribution in [0.2, 0.25) is 0 Å². The van der Waals surface area contributed by atoms with Crippen LogP contribution in [0.15, 0.2) is 17.1 Å². The Bertz CT molecular complexity index is 537. The van der Waals surface area contributed by atoms with E-state index in [1.165, 1.54) is 16.9 Å². The van der Waals surface area contributed by atoms with Gasteiger partial charge in [-0.2, -0.15) is 0 Å². The van der Waals surface area contributed by atoms with E-state index in [-0.39, 0.29) is 17.8 Å². The van der Waals surface area contributed by atoms with Gasteiger partial charge in [-0.25, -0.2) is 0 Å². The number of nitrogens with zero attached hydrogens (tertiary/aromatic N) is 2. The predicted molar refractivity (Wildman–Crippen MR) is 60.4 cm³/mol. The van der Waals surface area contributed by atoms with E-state index < -0.39 is 11.2 Å². The molecule has 0 bridgehead atoms. The Hall–Kier alpha value is -1.98. The summed E-state index contributed by atoms with van der Waals surface area (Å²) in [6, 6.07) is 1.25. The maximum Gasteiger partial charge on any atom is 0.278 e. The lowest BCUT2D eigenvalue weighted by Gasteiger charge is -2.41. The molecule has 0 saturated carbocycles. The summed E-state index contributed by atoms with van der Waals surface area (Å²) in [5.41, 5.74) is 2.63. The van der Waals surface area contributed by atoms with Crippen LogP contribution in [0.25, 0.3) is 0 Å². The van der Waals surface area contributed by atoms with Crippen molar-refractivity contribution in [3.63, 3.8) is 0 Å². The van der Waals surface area contributed by atoms with Crippen molar-refractivity contribution >= 4 is 5.91 Å². The molecule has 3 rings (SSSR count). The minimum absolute atomic E-state index is 0.0364. The standard InChI is InChI=1S/C11H13N3O3/c15-7-4-6-14-9(10(7)16)11(17)13-5-2-1-3-8(13)12-14/h4,6,8,12,16H,1-3,5H2/t8-/m0/s1. The van der Waals surface area contributed by atoms with E-state index in [1.807, 2.05) is 0 Å². The highest BCUT2D eigenvalue weighted by molar-refractivity contribution is 5.96. The predicted octanol–water partition coefficient (Wildman–Crippen LogP) is 0.0632. The van der Waals surface area contributed by atoms with Gasteiger partial charge in [0.1, 0.15) is 6.17 Å². The molecule has 6 nitrogen and oxygen atoms in total. The van der Waals surface area contributed by atoms with E-state index in [9.17, 15) is 14.7 Å². The second-order valence-electron chi connectivity index (χ2n) is 4.39. The van der Waals surface area contributed by atoms with Gasteiger partial charge in [-0.3, -0.25) is 14.3 Å². The Morgan fingerprint density at radius 1 is 1.35 bits per heavy atom. The van der Waals surface area contributed by atoms with Crippen LogP contribution in [0.4, 0.5) is 0 Å². The number of rotatable bonds is 0. The Balaban J connectivity index is 2.13. The first-order valence-corrected chi connectivity index (χ1v) is 5.70. The van der Waals surface area contributed by atoms with Crippen molar-refractivity contribution in [3.05, 3.63) is 28.2 Å². The van der Waals surface area contributed by atoms with Crippen molar-refractivity contribution < 1.29 is 9.90 Å². The van der Waals surface area contributed by atoms with Gasteiger partial charge in [0.25, 0.3) is 5.91 Å². The first kappa shape index (κ1) is 10.2. The quantitative estimate of drug-likeness (QED) is 0.667. The molecule has 2 aliphatic heterocycles. The molecule has 1 fully saturated rings. The lowest BCUT2D eigenvalue weighted by Crippen LogP contribution is -2.55. The average Bonchev–Trinajstić information content (AvgIpc) is 2.34. The molecule has 0 unspecified atom stereocenters. The zero-order chi connectivity index (χ0) is 12.0. The van der Waals surface area contributed by atoms with Crippen molar-refractivity contribution in [1.82, 2.24) is 9.58 Å². The number of hydrogen-bond donors (Lipinski definition) is 2. The number of piperidine rings is 1. The fraction of sp³-hybridized carbons (Fsp3) is 0.455. The van der Waals surface area contributed by atoms with Gasteiger partial charge >= 0.3 is 0 Å². The third kappa shape index (κ3) is 1.40. The van der Waals surface area contributed by atoms with E-state index in [2.05, 4.69) is 5.43 Å². The molecule has 0 radical (unpaired) electrons. The summed E-state index contributed by atoms with van der Waals surface area (Å²) in [4.78, 5) is 25.2. The highest BCUT2D eigenvalue weighted by Gasteiger charge is 2.35. The maximum absolute atomic E-state index is 12.2. The average molecular weight is 235 g/mol. The number of amides is 1. The molecule has 3 heterocycles. The van der Waals surface area contributed by atoms with Gasteiger partial charge in [0.05, 0.1) is 0 Å². The molecule has 2 aliphatic rings. The molecule has 1 amide bonds. The number of carbonyl (C=O) groups excluding carboxylic acids is 1. The molecule has 2 N–H and O–H groups in total. The third-order valence-electron chi connectivity index (χ3n) is 3.33. The fourth-order valence-corrected chi connectivity index (χ4v) is 2.44. The van der Waals surface area contributed by atoms with Gasteiger partial charge in [-0.05, 0) is 19.3 Å². The Kier molecular flexibility index (Phi) is 2.10. The summed E-state index contributed by atoms with van der Waals surface area (Å²) >= 11 is 0. The summed E-state index contributed by atoms with van der Waals surface area (Å²) in [7, 11) is 0. The zero-order valence-corrected chi connectivity index (χ0v) is 9.22. The minimum atomic E-state index is -0.526. The highest BCUT2D eigenvalue weighted by Crippen LogP contribution is 2.25. The van der Waals surface area contributed by atoms with E-state index in [4.69, 9.17) is 0 Å². The lowest BCUT2D eigenvalue weighted by atomic mass is 10.1. The summed E-state index contributed by atoms with van der Waals surface area (Å²) in [5.74, 6) is -0.752. The molecule has 0 spiro atoms. The van der Waals surface area contributed by atoms with Crippen molar-refractivity contribution in [3.8, 4) is 5.75 Å². The van der Waals surface area contributed by atoms with Crippen LogP contribution in [0.3, 0.4) is 0 Å².